The van der Waals surface area contributed by atoms with Crippen LogP contribution in [0.15, 0.2) is 35.1 Å². The molecule has 8 nitrogen and oxygen atoms in total. The number of β-amino-alcohol motifs (C(OH)–C–C–N with tert-alkyl or cyclic N) is 1. The zero-order chi connectivity index (χ0) is 22.4. The van der Waals surface area contributed by atoms with E-state index in [4.69, 9.17) is 9.47 Å². The van der Waals surface area contributed by atoms with Gasteiger partial charge < -0.3 is 24.3 Å². The quantitative estimate of drug-likeness (QED) is 0.617. The van der Waals surface area contributed by atoms with Gasteiger partial charge >= 0.3 is 0 Å². The van der Waals surface area contributed by atoms with Gasteiger partial charge in [-0.1, -0.05) is 12.1 Å². The zero-order valence-electron chi connectivity index (χ0n) is 18.6. The molecule has 0 bridgehead atoms. The van der Waals surface area contributed by atoms with Gasteiger partial charge in [0.2, 0.25) is 0 Å². The Bertz CT molecular complexity index is 905. The van der Waals surface area contributed by atoms with Gasteiger partial charge in [-0.25, -0.2) is 0 Å². The predicted molar refractivity (Wildman–Crippen MR) is 119 cm³/mol. The molecule has 1 aromatic heterocycles. The smallest absolute Gasteiger partial charge is 0.259 e. The Morgan fingerprint density at radius 1 is 1.06 bits per heavy atom. The van der Waals surface area contributed by atoms with Crippen LogP contribution in [0, 0.1) is 6.92 Å². The molecule has 1 atom stereocenters. The number of aryl methyl sites for hydroxylation is 1. The number of rotatable bonds is 9. The fraction of sp³-hybridized carbons (Fsp3) is 0.522. The van der Waals surface area contributed by atoms with Crippen LogP contribution in [0.2, 0.25) is 0 Å². The van der Waals surface area contributed by atoms with Crippen LogP contribution >= 0.6 is 0 Å². The lowest BCUT2D eigenvalue weighted by Gasteiger charge is -2.39. The van der Waals surface area contributed by atoms with Crippen LogP contribution in [0.5, 0.6) is 11.5 Å². The third kappa shape index (κ3) is 5.27. The summed E-state index contributed by atoms with van der Waals surface area (Å²) < 4.78 is 12.1. The maximum atomic E-state index is 13.5. The molecule has 170 valence electrons. The highest BCUT2D eigenvalue weighted by atomic mass is 16.5. The fourth-order valence-corrected chi connectivity index (χ4v) is 4.22. The summed E-state index contributed by atoms with van der Waals surface area (Å²) in [6.45, 7) is 6.45. The third-order valence-corrected chi connectivity index (χ3v) is 5.94. The maximum absolute atomic E-state index is 13.5. The molecule has 1 aliphatic rings. The Kier molecular flexibility index (Phi) is 8.09. The van der Waals surface area contributed by atoms with Gasteiger partial charge in [-0.2, -0.15) is 0 Å². The minimum Gasteiger partial charge on any atom is -0.507 e. The first-order valence-electron chi connectivity index (χ1n) is 10.6. The summed E-state index contributed by atoms with van der Waals surface area (Å²) in [6, 6.07) is 8.91. The van der Waals surface area contributed by atoms with E-state index in [1.54, 1.807) is 24.9 Å². The average Bonchev–Trinajstić information content (AvgIpc) is 2.77. The van der Waals surface area contributed by atoms with Gasteiger partial charge in [0.05, 0.1) is 31.9 Å². The fourth-order valence-electron chi connectivity index (χ4n) is 4.22. The summed E-state index contributed by atoms with van der Waals surface area (Å²) in [5, 5.41) is 20.1. The van der Waals surface area contributed by atoms with Crippen LogP contribution in [0.4, 0.5) is 0 Å². The molecule has 0 radical (unpaired) electrons. The number of piperazine rings is 1. The standard InChI is InChI=1S/C23H33N3O5/c1-17-16-20(28)21(23(29)26(17)13-15-30-2)22(18-4-6-19(31-3)7-5-18)25-10-8-24(9-11-25)12-14-27/h4-7,16,22,27-28H,8-15H2,1-3H3/t22-/m0/s1. The van der Waals surface area contributed by atoms with Crippen molar-refractivity contribution in [2.45, 2.75) is 19.5 Å². The molecule has 1 aromatic carbocycles. The summed E-state index contributed by atoms with van der Waals surface area (Å²) in [5.41, 5.74) is 1.80. The van der Waals surface area contributed by atoms with Crippen LogP contribution in [0.25, 0.3) is 0 Å². The Morgan fingerprint density at radius 3 is 2.32 bits per heavy atom. The molecule has 2 heterocycles. The molecular formula is C23H33N3O5. The highest BCUT2D eigenvalue weighted by molar-refractivity contribution is 5.42. The van der Waals surface area contributed by atoms with Crippen molar-refractivity contribution in [1.29, 1.82) is 0 Å². The van der Waals surface area contributed by atoms with Crippen molar-refractivity contribution in [1.82, 2.24) is 14.4 Å². The Balaban J connectivity index is 2.05. The Labute approximate surface area is 183 Å². The molecule has 2 aromatic rings. The second-order valence-electron chi connectivity index (χ2n) is 7.81. The average molecular weight is 432 g/mol. The van der Waals surface area contributed by atoms with E-state index in [1.807, 2.05) is 31.2 Å². The zero-order valence-corrected chi connectivity index (χ0v) is 18.6. The normalized spacial score (nSPS) is 16.4. The molecule has 8 heteroatoms. The third-order valence-electron chi connectivity index (χ3n) is 5.94. The van der Waals surface area contributed by atoms with Gasteiger partial charge in [0.15, 0.2) is 0 Å². The molecule has 0 aliphatic carbocycles. The highest BCUT2D eigenvalue weighted by Crippen LogP contribution is 2.34. The van der Waals surface area contributed by atoms with Crippen molar-refractivity contribution >= 4 is 0 Å². The molecule has 0 spiro atoms. The van der Waals surface area contributed by atoms with E-state index in [0.29, 0.717) is 31.0 Å². The van der Waals surface area contributed by atoms with E-state index < -0.39 is 0 Å². The summed E-state index contributed by atoms with van der Waals surface area (Å²) in [6.07, 6.45) is 0. The van der Waals surface area contributed by atoms with Crippen LogP contribution in [-0.2, 0) is 11.3 Å². The minimum absolute atomic E-state index is 0.00905. The number of aliphatic hydroxyl groups excluding tert-OH is 1. The van der Waals surface area contributed by atoms with Gasteiger partial charge in [-0.3, -0.25) is 14.6 Å². The van der Waals surface area contributed by atoms with Crippen LogP contribution in [-0.4, -0.2) is 84.7 Å². The Hall–Kier alpha value is -2.39. The SMILES string of the molecule is COCCn1c(C)cc(O)c([C@H](c2ccc(OC)cc2)N2CCN(CCO)CC2)c1=O. The first-order valence-corrected chi connectivity index (χ1v) is 10.6. The van der Waals surface area contributed by atoms with Gasteiger partial charge in [0.25, 0.3) is 5.56 Å². The van der Waals surface area contributed by atoms with Crippen LogP contribution < -0.4 is 10.3 Å². The molecule has 2 N–H and O–H groups in total. The molecule has 0 saturated carbocycles. The number of pyridine rings is 1. The van der Waals surface area contributed by atoms with Gasteiger partial charge in [-0.05, 0) is 30.7 Å². The van der Waals surface area contributed by atoms with Gasteiger partial charge in [-0.15, -0.1) is 0 Å². The summed E-state index contributed by atoms with van der Waals surface area (Å²) >= 11 is 0. The monoisotopic (exact) mass is 431 g/mol. The minimum atomic E-state index is -0.385. The highest BCUT2D eigenvalue weighted by Gasteiger charge is 2.31. The Morgan fingerprint density at radius 2 is 1.74 bits per heavy atom. The molecule has 0 unspecified atom stereocenters. The van der Waals surface area contributed by atoms with Gasteiger partial charge in [0, 0.05) is 52.1 Å². The van der Waals surface area contributed by atoms with Crippen molar-refractivity contribution in [2.24, 2.45) is 0 Å². The topological polar surface area (TPSA) is 87.4 Å². The second-order valence-corrected chi connectivity index (χ2v) is 7.81. The molecule has 3 rings (SSSR count). The van der Waals surface area contributed by atoms with Crippen molar-refractivity contribution in [3.8, 4) is 11.5 Å². The summed E-state index contributed by atoms with van der Waals surface area (Å²) in [5.74, 6) is 0.746. The number of nitrogens with zero attached hydrogens (tertiary/aromatic N) is 3. The van der Waals surface area contributed by atoms with E-state index in [-0.39, 0.29) is 24.0 Å². The second kappa shape index (κ2) is 10.8. The van der Waals surface area contributed by atoms with Crippen LogP contribution in [0.1, 0.15) is 22.9 Å². The molecule has 0 amide bonds. The number of hydrogen-bond acceptors (Lipinski definition) is 7. The number of hydrogen-bond donors (Lipinski definition) is 2. The number of aliphatic hydroxyl groups is 1. The number of ether oxygens (including phenoxy) is 2. The lowest BCUT2D eigenvalue weighted by atomic mass is 9.96. The summed E-state index contributed by atoms with van der Waals surface area (Å²) in [7, 11) is 3.22. The van der Waals surface area contributed by atoms with Gasteiger partial charge in [0.1, 0.15) is 11.5 Å². The van der Waals surface area contributed by atoms with E-state index in [2.05, 4.69) is 9.80 Å². The molecular weight excluding hydrogens is 398 g/mol. The lowest BCUT2D eigenvalue weighted by Crippen LogP contribution is -2.49. The molecule has 31 heavy (non-hydrogen) atoms. The van der Waals surface area contributed by atoms with E-state index >= 15 is 0 Å². The first-order chi connectivity index (χ1) is 15.0. The van der Waals surface area contributed by atoms with E-state index in [0.717, 1.165) is 37.5 Å². The largest absolute Gasteiger partial charge is 0.507 e. The first kappa shape index (κ1) is 23.3. The van der Waals surface area contributed by atoms with E-state index in [9.17, 15) is 15.0 Å². The number of aromatic hydroxyl groups is 1. The predicted octanol–water partition coefficient (Wildman–Crippen LogP) is 1.22. The maximum Gasteiger partial charge on any atom is 0.259 e. The van der Waals surface area contributed by atoms with E-state index in [1.165, 1.54) is 0 Å². The van der Waals surface area contributed by atoms with Crippen molar-refractivity contribution in [2.75, 3.05) is 60.2 Å². The molecule has 1 aliphatic heterocycles. The number of methoxy groups -OCH3 is 2. The van der Waals surface area contributed by atoms with Crippen molar-refractivity contribution in [3.63, 3.8) is 0 Å². The van der Waals surface area contributed by atoms with Crippen molar-refractivity contribution < 1.29 is 19.7 Å². The lowest BCUT2D eigenvalue weighted by molar-refractivity contribution is 0.0931. The summed E-state index contributed by atoms with van der Waals surface area (Å²) in [4.78, 5) is 17.9. The molecule has 1 fully saturated rings. The molecule has 1 saturated heterocycles. The number of benzene rings is 1. The van der Waals surface area contributed by atoms with Crippen molar-refractivity contribution in [3.05, 3.63) is 57.5 Å². The number of aromatic nitrogens is 1. The van der Waals surface area contributed by atoms with Crippen LogP contribution in [0.3, 0.4) is 0 Å².